The van der Waals surface area contributed by atoms with Crippen LogP contribution in [0.25, 0.3) is 0 Å². The largest absolute Gasteiger partial charge is 0.398 e. The molecular weight excluding hydrogens is 254 g/mol. The molecule has 0 bridgehead atoms. The van der Waals surface area contributed by atoms with Gasteiger partial charge in [-0.15, -0.1) is 0 Å². The molecule has 1 amide bonds. The molecule has 7 heteroatoms. The van der Waals surface area contributed by atoms with Crippen LogP contribution in [-0.2, 0) is 14.8 Å². The van der Waals surface area contributed by atoms with E-state index in [1.807, 2.05) is 0 Å². The van der Waals surface area contributed by atoms with Gasteiger partial charge in [0, 0.05) is 12.7 Å². The smallest absolute Gasteiger partial charge is 0.241 e. The molecule has 0 unspecified atom stereocenters. The van der Waals surface area contributed by atoms with E-state index in [0.29, 0.717) is 11.3 Å². The van der Waals surface area contributed by atoms with E-state index in [0.717, 1.165) is 5.56 Å². The van der Waals surface area contributed by atoms with Gasteiger partial charge in [-0.3, -0.25) is 4.79 Å². The molecule has 6 nitrogen and oxygen atoms in total. The number of nitrogens with two attached hydrogens (primary N) is 1. The molecular formula is C11H17N3O3S. The van der Waals surface area contributed by atoms with Crippen LogP contribution in [0.3, 0.4) is 0 Å². The molecule has 1 aromatic rings. The lowest BCUT2D eigenvalue weighted by atomic mass is 10.1. The number of aryl methyl sites for hydroxylation is 1. The highest BCUT2D eigenvalue weighted by molar-refractivity contribution is 7.89. The molecule has 0 aliphatic rings. The minimum absolute atomic E-state index is 0.101. The average Bonchev–Trinajstić information content (AvgIpc) is 2.30. The van der Waals surface area contributed by atoms with Crippen molar-refractivity contribution in [2.24, 2.45) is 0 Å². The molecule has 0 saturated heterocycles. The minimum Gasteiger partial charge on any atom is -0.398 e. The van der Waals surface area contributed by atoms with E-state index in [1.165, 1.54) is 13.1 Å². The molecule has 0 aliphatic carbocycles. The van der Waals surface area contributed by atoms with Gasteiger partial charge in [0.2, 0.25) is 15.9 Å². The zero-order valence-electron chi connectivity index (χ0n) is 10.6. The molecule has 1 aromatic carbocycles. The Balaban J connectivity index is 3.09. The molecule has 0 atom stereocenters. The van der Waals surface area contributed by atoms with E-state index in [-0.39, 0.29) is 11.4 Å². The summed E-state index contributed by atoms with van der Waals surface area (Å²) in [5, 5.41) is 2.34. The Morgan fingerprint density at radius 1 is 1.33 bits per heavy atom. The Bertz CT molecular complexity index is 567. The van der Waals surface area contributed by atoms with E-state index in [1.54, 1.807) is 19.9 Å². The molecule has 0 saturated carbocycles. The lowest BCUT2D eigenvalue weighted by molar-refractivity contribution is -0.119. The number of anilines is 1. The topological polar surface area (TPSA) is 101 Å². The second kappa shape index (κ2) is 5.36. The summed E-state index contributed by atoms with van der Waals surface area (Å²) >= 11 is 0. The number of hydrogen-bond acceptors (Lipinski definition) is 4. The van der Waals surface area contributed by atoms with Crippen molar-refractivity contribution in [2.75, 3.05) is 19.3 Å². The van der Waals surface area contributed by atoms with Gasteiger partial charge in [0.1, 0.15) is 0 Å². The summed E-state index contributed by atoms with van der Waals surface area (Å²) in [6, 6.07) is 3.23. The van der Waals surface area contributed by atoms with Gasteiger partial charge in [-0.05, 0) is 37.1 Å². The summed E-state index contributed by atoms with van der Waals surface area (Å²) in [5.41, 5.74) is 7.37. The zero-order chi connectivity index (χ0) is 13.9. The molecule has 100 valence electrons. The maximum atomic E-state index is 12.0. The number of amides is 1. The van der Waals surface area contributed by atoms with Gasteiger partial charge in [0.05, 0.1) is 11.4 Å². The fraction of sp³-hybridized carbons (Fsp3) is 0.364. The lowest BCUT2D eigenvalue weighted by Crippen LogP contribution is -2.35. The predicted octanol–water partition coefficient (Wildman–Crippen LogP) is -0.0901. The summed E-state index contributed by atoms with van der Waals surface area (Å²) in [6.07, 6.45) is 0. The van der Waals surface area contributed by atoms with Crippen LogP contribution in [0.2, 0.25) is 0 Å². The highest BCUT2D eigenvalue weighted by Gasteiger charge is 2.19. The van der Waals surface area contributed by atoms with Gasteiger partial charge in [-0.1, -0.05) is 0 Å². The molecule has 1 rings (SSSR count). The Morgan fingerprint density at radius 3 is 2.50 bits per heavy atom. The Hall–Kier alpha value is -1.60. The first-order valence-electron chi connectivity index (χ1n) is 5.35. The van der Waals surface area contributed by atoms with Crippen molar-refractivity contribution >= 4 is 21.6 Å². The Morgan fingerprint density at radius 2 is 1.94 bits per heavy atom. The van der Waals surface area contributed by atoms with E-state index >= 15 is 0 Å². The van der Waals surface area contributed by atoms with Crippen molar-refractivity contribution in [3.8, 4) is 0 Å². The Kier molecular flexibility index (Phi) is 4.31. The monoisotopic (exact) mass is 271 g/mol. The summed E-state index contributed by atoms with van der Waals surface area (Å²) < 4.78 is 26.3. The van der Waals surface area contributed by atoms with E-state index in [9.17, 15) is 13.2 Å². The normalized spacial score (nSPS) is 11.3. The average molecular weight is 271 g/mol. The summed E-state index contributed by atoms with van der Waals surface area (Å²) in [6.45, 7) is 3.09. The van der Waals surface area contributed by atoms with Gasteiger partial charge in [0.15, 0.2) is 0 Å². The zero-order valence-corrected chi connectivity index (χ0v) is 11.4. The van der Waals surface area contributed by atoms with Crippen LogP contribution >= 0.6 is 0 Å². The third-order valence-electron chi connectivity index (χ3n) is 2.54. The summed E-state index contributed by atoms with van der Waals surface area (Å²) in [5.74, 6) is -0.406. The van der Waals surface area contributed by atoms with Crippen LogP contribution in [0, 0.1) is 13.8 Å². The number of sulfonamides is 1. The van der Waals surface area contributed by atoms with Crippen molar-refractivity contribution in [3.63, 3.8) is 0 Å². The first kappa shape index (κ1) is 14.5. The molecule has 0 aliphatic heterocycles. The van der Waals surface area contributed by atoms with Crippen molar-refractivity contribution in [1.29, 1.82) is 0 Å². The highest BCUT2D eigenvalue weighted by atomic mass is 32.2. The molecule has 0 aromatic heterocycles. The lowest BCUT2D eigenvalue weighted by Gasteiger charge is -2.11. The first-order valence-corrected chi connectivity index (χ1v) is 6.83. The number of likely N-dealkylation sites (N-methyl/N-ethyl adjacent to an activating group) is 1. The number of nitrogens with one attached hydrogen (secondary N) is 2. The number of carbonyl (C=O) groups excluding carboxylic acids is 1. The van der Waals surface area contributed by atoms with Crippen molar-refractivity contribution in [3.05, 3.63) is 23.3 Å². The van der Waals surface area contributed by atoms with Crippen LogP contribution in [0.5, 0.6) is 0 Å². The molecule has 0 heterocycles. The van der Waals surface area contributed by atoms with E-state index < -0.39 is 15.9 Å². The molecule has 4 N–H and O–H groups in total. The van der Waals surface area contributed by atoms with Gasteiger partial charge in [-0.2, -0.15) is 0 Å². The van der Waals surface area contributed by atoms with Crippen LogP contribution in [-0.4, -0.2) is 27.9 Å². The van der Waals surface area contributed by atoms with Crippen molar-refractivity contribution < 1.29 is 13.2 Å². The van der Waals surface area contributed by atoms with E-state index in [4.69, 9.17) is 5.73 Å². The number of carbonyl (C=O) groups is 1. The number of nitrogen functional groups attached to an aromatic ring is 1. The summed E-state index contributed by atoms with van der Waals surface area (Å²) in [4.78, 5) is 11.1. The third kappa shape index (κ3) is 3.21. The van der Waals surface area contributed by atoms with Crippen LogP contribution < -0.4 is 15.8 Å². The number of rotatable bonds is 4. The second-order valence-corrected chi connectivity index (χ2v) is 5.71. The molecule has 18 heavy (non-hydrogen) atoms. The van der Waals surface area contributed by atoms with Crippen LogP contribution in [0.4, 0.5) is 5.69 Å². The highest BCUT2D eigenvalue weighted by Crippen LogP contribution is 2.22. The second-order valence-electron chi connectivity index (χ2n) is 3.98. The van der Waals surface area contributed by atoms with Gasteiger partial charge >= 0.3 is 0 Å². The third-order valence-corrected chi connectivity index (χ3v) is 4.06. The number of hydrogen-bond donors (Lipinski definition) is 3. The first-order chi connectivity index (χ1) is 8.27. The van der Waals surface area contributed by atoms with Crippen LogP contribution in [0.15, 0.2) is 17.0 Å². The van der Waals surface area contributed by atoms with Crippen LogP contribution in [0.1, 0.15) is 11.1 Å². The fourth-order valence-electron chi connectivity index (χ4n) is 1.46. The molecule has 0 fully saturated rings. The van der Waals surface area contributed by atoms with Gasteiger partial charge in [0.25, 0.3) is 0 Å². The Labute approximate surface area is 107 Å². The maximum absolute atomic E-state index is 12.0. The van der Waals surface area contributed by atoms with E-state index in [2.05, 4.69) is 10.0 Å². The van der Waals surface area contributed by atoms with Gasteiger partial charge in [-0.25, -0.2) is 13.1 Å². The minimum atomic E-state index is -3.73. The predicted molar refractivity (Wildman–Crippen MR) is 69.6 cm³/mol. The summed E-state index contributed by atoms with van der Waals surface area (Å²) in [7, 11) is -2.29. The maximum Gasteiger partial charge on any atom is 0.241 e. The molecule has 0 radical (unpaired) electrons. The van der Waals surface area contributed by atoms with Crippen molar-refractivity contribution in [1.82, 2.24) is 10.0 Å². The fourth-order valence-corrected chi connectivity index (χ4v) is 2.80. The standard InChI is InChI=1S/C11H17N3O3S/c1-7-4-9(12)8(2)10(5-7)18(16,17)14-6-11(15)13-3/h4-5,14H,6,12H2,1-3H3,(H,13,15). The molecule has 0 spiro atoms. The van der Waals surface area contributed by atoms with Crippen molar-refractivity contribution in [2.45, 2.75) is 18.7 Å². The SMILES string of the molecule is CNC(=O)CNS(=O)(=O)c1cc(C)cc(N)c1C. The number of benzene rings is 1. The quantitative estimate of drug-likeness (QED) is 0.666. The van der Waals surface area contributed by atoms with Gasteiger partial charge < -0.3 is 11.1 Å².